The molecule has 206 valence electrons. The van der Waals surface area contributed by atoms with Crippen LogP contribution in [-0.4, -0.2) is 46.4 Å². The summed E-state index contributed by atoms with van der Waals surface area (Å²) in [4.78, 5) is 25.2. The van der Waals surface area contributed by atoms with Crippen LogP contribution in [0.4, 0.5) is 0 Å². The lowest BCUT2D eigenvalue weighted by atomic mass is 9.94. The number of rotatable bonds is 15. The summed E-state index contributed by atoms with van der Waals surface area (Å²) in [5.74, 6) is -0.545. The van der Waals surface area contributed by atoms with E-state index in [0.717, 1.165) is 40.3 Å². The molecular formula is C28H34BrNO7S. The second kappa shape index (κ2) is 14.8. The SMILES string of the molecule is C=CCCCOc1cc(Br)cc(C)c1-c1cccc([C@H](CC(=O)OC)NC(=O)[C@@H](CC=C)OS(C)(=O)=O)c1. The first-order valence-electron chi connectivity index (χ1n) is 12.0. The number of carbonyl (C=O) groups is 2. The van der Waals surface area contributed by atoms with Gasteiger partial charge < -0.3 is 14.8 Å². The number of allylic oxidation sites excluding steroid dienone is 1. The van der Waals surface area contributed by atoms with Gasteiger partial charge in [0, 0.05) is 16.5 Å². The van der Waals surface area contributed by atoms with Crippen LogP contribution in [0.5, 0.6) is 5.75 Å². The van der Waals surface area contributed by atoms with Crippen molar-refractivity contribution >= 4 is 37.9 Å². The van der Waals surface area contributed by atoms with Crippen LogP contribution in [0.3, 0.4) is 0 Å². The fraction of sp³-hybridized carbons (Fsp3) is 0.357. The lowest BCUT2D eigenvalue weighted by Gasteiger charge is -2.23. The average Bonchev–Trinajstić information content (AvgIpc) is 2.84. The number of aryl methyl sites for hydroxylation is 1. The van der Waals surface area contributed by atoms with Gasteiger partial charge in [-0.2, -0.15) is 8.42 Å². The lowest BCUT2D eigenvalue weighted by molar-refractivity contribution is -0.141. The predicted molar refractivity (Wildman–Crippen MR) is 151 cm³/mol. The molecule has 0 spiro atoms. The summed E-state index contributed by atoms with van der Waals surface area (Å²) in [5.41, 5.74) is 3.29. The van der Waals surface area contributed by atoms with Crippen LogP contribution >= 0.6 is 15.9 Å². The van der Waals surface area contributed by atoms with E-state index in [1.807, 2.05) is 43.3 Å². The summed E-state index contributed by atoms with van der Waals surface area (Å²) in [6.07, 6.45) is 4.23. The van der Waals surface area contributed by atoms with Gasteiger partial charge in [-0.05, 0) is 54.7 Å². The Bertz CT molecular complexity index is 1260. The Morgan fingerprint density at radius 1 is 1.16 bits per heavy atom. The number of methoxy groups -OCH3 is 1. The Hall–Kier alpha value is -2.95. The van der Waals surface area contributed by atoms with E-state index in [4.69, 9.17) is 13.7 Å². The Labute approximate surface area is 233 Å². The second-order valence-electron chi connectivity index (χ2n) is 8.66. The highest BCUT2D eigenvalue weighted by Crippen LogP contribution is 2.37. The summed E-state index contributed by atoms with van der Waals surface area (Å²) in [7, 11) is -2.65. The normalized spacial score (nSPS) is 12.7. The van der Waals surface area contributed by atoms with E-state index in [1.54, 1.807) is 6.07 Å². The molecule has 0 aromatic heterocycles. The van der Waals surface area contributed by atoms with Crippen molar-refractivity contribution in [2.75, 3.05) is 20.0 Å². The van der Waals surface area contributed by atoms with Gasteiger partial charge in [-0.25, -0.2) is 0 Å². The highest BCUT2D eigenvalue weighted by molar-refractivity contribution is 9.10. The molecule has 0 saturated carbocycles. The van der Waals surface area contributed by atoms with Gasteiger partial charge >= 0.3 is 5.97 Å². The topological polar surface area (TPSA) is 108 Å². The van der Waals surface area contributed by atoms with E-state index < -0.39 is 34.1 Å². The van der Waals surface area contributed by atoms with Crippen LogP contribution in [-0.2, 0) is 28.6 Å². The first-order chi connectivity index (χ1) is 18.0. The molecule has 0 unspecified atom stereocenters. The Morgan fingerprint density at radius 3 is 2.53 bits per heavy atom. The minimum absolute atomic E-state index is 0.0332. The van der Waals surface area contributed by atoms with Gasteiger partial charge in [-0.15, -0.1) is 13.2 Å². The predicted octanol–water partition coefficient (Wildman–Crippen LogP) is 5.41. The fourth-order valence-electron chi connectivity index (χ4n) is 3.84. The van der Waals surface area contributed by atoms with Gasteiger partial charge in [0.25, 0.3) is 16.0 Å². The molecule has 10 heteroatoms. The molecule has 0 heterocycles. The first-order valence-corrected chi connectivity index (χ1v) is 14.6. The third-order valence-corrected chi connectivity index (χ3v) is 6.57. The van der Waals surface area contributed by atoms with Crippen molar-refractivity contribution in [3.63, 3.8) is 0 Å². The molecule has 1 N–H and O–H groups in total. The van der Waals surface area contributed by atoms with Crippen molar-refractivity contribution in [3.05, 3.63) is 77.3 Å². The minimum Gasteiger partial charge on any atom is -0.493 e. The largest absolute Gasteiger partial charge is 0.493 e. The van der Waals surface area contributed by atoms with Crippen LogP contribution in [0.15, 0.2) is 66.2 Å². The van der Waals surface area contributed by atoms with Gasteiger partial charge in [-0.3, -0.25) is 13.8 Å². The van der Waals surface area contributed by atoms with E-state index in [1.165, 1.54) is 13.2 Å². The zero-order valence-electron chi connectivity index (χ0n) is 21.9. The highest BCUT2D eigenvalue weighted by Gasteiger charge is 2.27. The number of hydrogen-bond donors (Lipinski definition) is 1. The maximum atomic E-state index is 13.0. The third kappa shape index (κ3) is 9.74. The third-order valence-electron chi connectivity index (χ3n) is 5.53. The van der Waals surface area contributed by atoms with Gasteiger partial charge in [0.15, 0.2) is 6.10 Å². The van der Waals surface area contributed by atoms with Crippen LogP contribution in [0, 0.1) is 6.92 Å². The summed E-state index contributed by atoms with van der Waals surface area (Å²) in [6.45, 7) is 9.79. The van der Waals surface area contributed by atoms with E-state index in [-0.39, 0.29) is 12.8 Å². The van der Waals surface area contributed by atoms with Crippen LogP contribution in [0.1, 0.15) is 42.9 Å². The minimum atomic E-state index is -3.91. The van der Waals surface area contributed by atoms with Crippen molar-refractivity contribution in [2.45, 2.75) is 44.8 Å². The average molecular weight is 609 g/mol. The van der Waals surface area contributed by atoms with Crippen molar-refractivity contribution in [1.82, 2.24) is 5.32 Å². The number of ether oxygens (including phenoxy) is 2. The quantitative estimate of drug-likeness (QED) is 0.125. The monoisotopic (exact) mass is 607 g/mol. The zero-order chi connectivity index (χ0) is 28.3. The molecule has 2 aromatic carbocycles. The maximum Gasteiger partial charge on any atom is 0.307 e. The fourth-order valence-corrected chi connectivity index (χ4v) is 4.98. The van der Waals surface area contributed by atoms with Crippen molar-refractivity contribution < 1.29 is 31.7 Å². The number of hydrogen-bond acceptors (Lipinski definition) is 7. The molecule has 0 radical (unpaired) electrons. The molecule has 0 aliphatic rings. The molecule has 0 saturated heterocycles. The number of amides is 1. The molecule has 1 amide bonds. The maximum absolute atomic E-state index is 13.0. The van der Waals surface area contributed by atoms with Gasteiger partial charge in [0.1, 0.15) is 5.75 Å². The molecule has 0 bridgehead atoms. The van der Waals surface area contributed by atoms with Crippen LogP contribution < -0.4 is 10.1 Å². The molecule has 38 heavy (non-hydrogen) atoms. The second-order valence-corrected chi connectivity index (χ2v) is 11.2. The van der Waals surface area contributed by atoms with Crippen molar-refractivity contribution in [1.29, 1.82) is 0 Å². The van der Waals surface area contributed by atoms with Crippen LogP contribution in [0.2, 0.25) is 0 Å². The number of nitrogens with one attached hydrogen (secondary N) is 1. The van der Waals surface area contributed by atoms with Gasteiger partial charge in [0.05, 0.1) is 32.4 Å². The van der Waals surface area contributed by atoms with E-state index in [0.29, 0.717) is 17.9 Å². The number of carbonyl (C=O) groups excluding carboxylic acids is 2. The Morgan fingerprint density at radius 2 is 1.89 bits per heavy atom. The zero-order valence-corrected chi connectivity index (χ0v) is 24.3. The molecule has 0 aliphatic carbocycles. The molecular weight excluding hydrogens is 574 g/mol. The highest BCUT2D eigenvalue weighted by atomic mass is 79.9. The van der Waals surface area contributed by atoms with E-state index >= 15 is 0 Å². The molecule has 8 nitrogen and oxygen atoms in total. The van der Waals surface area contributed by atoms with Crippen molar-refractivity contribution in [3.8, 4) is 16.9 Å². The summed E-state index contributed by atoms with van der Waals surface area (Å²) >= 11 is 3.53. The number of halogens is 1. The molecule has 2 atom stereocenters. The smallest absolute Gasteiger partial charge is 0.307 e. The summed E-state index contributed by atoms with van der Waals surface area (Å²) in [5, 5.41) is 2.75. The molecule has 2 rings (SSSR count). The van der Waals surface area contributed by atoms with Gasteiger partial charge in [-0.1, -0.05) is 46.3 Å². The van der Waals surface area contributed by atoms with Crippen molar-refractivity contribution in [2.24, 2.45) is 0 Å². The molecule has 2 aromatic rings. The Balaban J connectivity index is 2.47. The molecule has 0 aliphatic heterocycles. The first kappa shape index (κ1) is 31.3. The van der Waals surface area contributed by atoms with E-state index in [2.05, 4.69) is 34.4 Å². The number of esters is 1. The summed E-state index contributed by atoms with van der Waals surface area (Å²) in [6, 6.07) is 10.4. The summed E-state index contributed by atoms with van der Waals surface area (Å²) < 4.78 is 40.1. The van der Waals surface area contributed by atoms with E-state index in [9.17, 15) is 18.0 Å². The number of unbranched alkanes of at least 4 members (excludes halogenated alkanes) is 1. The molecule has 0 fully saturated rings. The Kier molecular flexibility index (Phi) is 12.2. The van der Waals surface area contributed by atoms with Gasteiger partial charge in [0.2, 0.25) is 0 Å². The standard InChI is InChI=1S/C28H34BrNO7S/c1-6-8-9-14-36-25-17-22(29)15-19(3)27(25)21-13-10-12-20(16-21)23(18-26(31)35-4)30-28(32)24(11-7-2)37-38(5,33)34/h6-7,10,12-13,15-17,23-24H,1-2,8-9,11,14,18H2,3-5H3,(H,30,32)/t23-,24+/m0/s1. The lowest BCUT2D eigenvalue weighted by Crippen LogP contribution is -2.40. The number of benzene rings is 2. The van der Waals surface area contributed by atoms with Crippen LogP contribution in [0.25, 0.3) is 11.1 Å².